The van der Waals surface area contributed by atoms with Crippen LogP contribution < -0.4 is 0 Å². The lowest BCUT2D eigenvalue weighted by atomic mass is 9.70. The molecule has 3 nitrogen and oxygen atoms in total. The number of hydrogen-bond donors (Lipinski definition) is 2. The van der Waals surface area contributed by atoms with Crippen LogP contribution in [0.3, 0.4) is 0 Å². The number of phenols is 1. The van der Waals surface area contributed by atoms with Crippen LogP contribution in [0.5, 0.6) is 5.75 Å². The molecule has 0 spiro atoms. The summed E-state index contributed by atoms with van der Waals surface area (Å²) in [6, 6.07) is 9.25. The van der Waals surface area contributed by atoms with Gasteiger partial charge < -0.3 is 10.2 Å². The smallest absolute Gasteiger partial charge is 0.140 e. The molecule has 0 aliphatic heterocycles. The lowest BCUT2D eigenvalue weighted by Crippen LogP contribution is -2.40. The van der Waals surface area contributed by atoms with Gasteiger partial charge in [0.1, 0.15) is 11.5 Å². The van der Waals surface area contributed by atoms with Gasteiger partial charge in [0.25, 0.3) is 0 Å². The Hall–Kier alpha value is -1.87. The van der Waals surface area contributed by atoms with Crippen LogP contribution in [0.2, 0.25) is 0 Å². The first-order chi connectivity index (χ1) is 9.40. The molecule has 0 aromatic heterocycles. The zero-order valence-electron chi connectivity index (χ0n) is 11.7. The molecule has 2 N–H and O–H groups in total. The Labute approximate surface area is 117 Å². The van der Waals surface area contributed by atoms with E-state index < -0.39 is 11.5 Å². The van der Waals surface area contributed by atoms with Gasteiger partial charge in [-0.1, -0.05) is 12.1 Å². The molecule has 0 bridgehead atoms. The molecule has 0 saturated carbocycles. The molecule has 3 rings (SSSR count). The Morgan fingerprint density at radius 2 is 2.10 bits per heavy atom. The fraction of sp³-hybridized carbons (Fsp3) is 0.353. The monoisotopic (exact) mass is 270 g/mol. The van der Waals surface area contributed by atoms with Crippen molar-refractivity contribution in [2.45, 2.75) is 38.2 Å². The van der Waals surface area contributed by atoms with Crippen molar-refractivity contribution in [3.63, 3.8) is 0 Å². The number of hydrogen-bond acceptors (Lipinski definition) is 3. The Balaban J connectivity index is 2.28. The lowest BCUT2D eigenvalue weighted by molar-refractivity contribution is -0.124. The number of carbonyl (C=O) groups excluding carboxylic acids is 1. The molecule has 104 valence electrons. The van der Waals surface area contributed by atoms with Gasteiger partial charge in [0, 0.05) is 5.39 Å². The summed E-state index contributed by atoms with van der Waals surface area (Å²) in [4.78, 5) is 12.0. The maximum atomic E-state index is 12.0. The molecule has 0 heterocycles. The van der Waals surface area contributed by atoms with Crippen LogP contribution in [-0.2, 0) is 11.2 Å². The van der Waals surface area contributed by atoms with Crippen molar-refractivity contribution in [3.8, 4) is 5.75 Å². The molecular weight excluding hydrogens is 252 g/mol. The van der Waals surface area contributed by atoms with E-state index in [0.29, 0.717) is 6.42 Å². The zero-order chi connectivity index (χ0) is 14.5. The van der Waals surface area contributed by atoms with Gasteiger partial charge in [0.15, 0.2) is 0 Å². The standard InChI is InChI=1S/C17H18O3/c1-10(18)16-14-9-11-4-3-5-15(19)13(11)8-12(14)6-7-17(16,2)20/h3-5,8-9,16,19-20H,6-7H2,1-2H3/t16-,17-/m1/s1. The summed E-state index contributed by atoms with van der Waals surface area (Å²) < 4.78 is 0. The summed E-state index contributed by atoms with van der Waals surface area (Å²) in [5.41, 5.74) is 0.946. The highest BCUT2D eigenvalue weighted by molar-refractivity contribution is 5.92. The second kappa shape index (κ2) is 4.32. The fourth-order valence-electron chi connectivity index (χ4n) is 3.38. The second-order valence-electron chi connectivity index (χ2n) is 5.95. The van der Waals surface area contributed by atoms with Crippen LogP contribution in [0.4, 0.5) is 0 Å². The Bertz CT molecular complexity index is 701. The highest BCUT2D eigenvalue weighted by atomic mass is 16.3. The van der Waals surface area contributed by atoms with Gasteiger partial charge in [-0.25, -0.2) is 0 Å². The molecule has 2 aromatic carbocycles. The van der Waals surface area contributed by atoms with Crippen molar-refractivity contribution in [2.75, 3.05) is 0 Å². The van der Waals surface area contributed by atoms with Gasteiger partial charge in [-0.15, -0.1) is 0 Å². The van der Waals surface area contributed by atoms with Crippen molar-refractivity contribution in [2.24, 2.45) is 0 Å². The minimum atomic E-state index is -0.997. The maximum absolute atomic E-state index is 12.0. The molecule has 20 heavy (non-hydrogen) atoms. The van der Waals surface area contributed by atoms with E-state index in [1.165, 1.54) is 6.92 Å². The number of ketones is 1. The average molecular weight is 270 g/mol. The number of aryl methyl sites for hydroxylation is 1. The SMILES string of the molecule is CC(=O)[C@@H]1c2cc3cccc(O)c3cc2CC[C@@]1(C)O. The summed E-state index contributed by atoms with van der Waals surface area (Å²) >= 11 is 0. The van der Waals surface area contributed by atoms with Gasteiger partial charge in [-0.05, 0) is 61.4 Å². The predicted molar refractivity (Wildman–Crippen MR) is 78.0 cm³/mol. The lowest BCUT2D eigenvalue weighted by Gasteiger charge is -2.37. The van der Waals surface area contributed by atoms with Crippen molar-refractivity contribution < 1.29 is 15.0 Å². The maximum Gasteiger partial charge on any atom is 0.140 e. The molecule has 2 atom stereocenters. The predicted octanol–water partition coefficient (Wildman–Crippen LogP) is 2.92. The average Bonchev–Trinajstić information content (AvgIpc) is 2.36. The third-order valence-corrected chi connectivity index (χ3v) is 4.36. The minimum Gasteiger partial charge on any atom is -0.507 e. The van der Waals surface area contributed by atoms with E-state index >= 15 is 0 Å². The second-order valence-corrected chi connectivity index (χ2v) is 5.95. The van der Waals surface area contributed by atoms with Crippen LogP contribution in [0.25, 0.3) is 10.8 Å². The van der Waals surface area contributed by atoms with Gasteiger partial charge in [0.2, 0.25) is 0 Å². The first-order valence-corrected chi connectivity index (χ1v) is 6.87. The van der Waals surface area contributed by atoms with E-state index in [9.17, 15) is 15.0 Å². The molecule has 1 aliphatic carbocycles. The molecule has 1 aliphatic rings. The highest BCUT2D eigenvalue weighted by Crippen LogP contribution is 2.42. The number of fused-ring (bicyclic) bond motifs is 2. The van der Waals surface area contributed by atoms with Crippen molar-refractivity contribution in [1.29, 1.82) is 0 Å². The summed E-state index contributed by atoms with van der Waals surface area (Å²) in [5.74, 6) is -0.254. The molecule has 0 saturated heterocycles. The van der Waals surface area contributed by atoms with Crippen LogP contribution in [0.1, 0.15) is 37.3 Å². The zero-order valence-corrected chi connectivity index (χ0v) is 11.7. The van der Waals surface area contributed by atoms with Gasteiger partial charge in [-0.3, -0.25) is 4.79 Å². The number of phenolic OH excluding ortho intramolecular Hbond substituents is 1. The van der Waals surface area contributed by atoms with Crippen molar-refractivity contribution >= 4 is 16.6 Å². The fourth-order valence-corrected chi connectivity index (χ4v) is 3.38. The Kier molecular flexibility index (Phi) is 2.83. The van der Waals surface area contributed by atoms with Crippen LogP contribution in [0.15, 0.2) is 30.3 Å². The van der Waals surface area contributed by atoms with E-state index in [0.717, 1.165) is 28.3 Å². The van der Waals surface area contributed by atoms with E-state index in [-0.39, 0.29) is 11.5 Å². The molecule has 0 amide bonds. The van der Waals surface area contributed by atoms with E-state index in [1.54, 1.807) is 19.1 Å². The molecule has 2 aromatic rings. The number of carbonyl (C=O) groups is 1. The molecule has 3 heteroatoms. The first kappa shape index (κ1) is 13.1. The Morgan fingerprint density at radius 3 is 2.80 bits per heavy atom. The van der Waals surface area contributed by atoms with Crippen LogP contribution in [0, 0.1) is 0 Å². The quantitative estimate of drug-likeness (QED) is 0.837. The summed E-state index contributed by atoms with van der Waals surface area (Å²) in [6.07, 6.45) is 1.28. The third-order valence-electron chi connectivity index (χ3n) is 4.36. The van der Waals surface area contributed by atoms with Crippen molar-refractivity contribution in [3.05, 3.63) is 41.5 Å². The molecule has 0 unspecified atom stereocenters. The highest BCUT2D eigenvalue weighted by Gasteiger charge is 2.40. The minimum absolute atomic E-state index is 0.0181. The molecule has 0 fully saturated rings. The number of aromatic hydroxyl groups is 1. The van der Waals surface area contributed by atoms with Crippen molar-refractivity contribution in [1.82, 2.24) is 0 Å². The number of Topliss-reactive ketones (excluding diaryl/α,β-unsaturated/α-hetero) is 1. The van der Waals surface area contributed by atoms with E-state index in [1.807, 2.05) is 18.2 Å². The summed E-state index contributed by atoms with van der Waals surface area (Å²) in [5, 5.41) is 22.1. The van der Waals surface area contributed by atoms with Crippen LogP contribution in [-0.4, -0.2) is 21.6 Å². The first-order valence-electron chi connectivity index (χ1n) is 6.87. The summed E-state index contributed by atoms with van der Waals surface area (Å²) in [7, 11) is 0. The van der Waals surface area contributed by atoms with E-state index in [4.69, 9.17) is 0 Å². The normalized spacial score (nSPS) is 25.4. The third kappa shape index (κ3) is 1.90. The van der Waals surface area contributed by atoms with Gasteiger partial charge >= 0.3 is 0 Å². The largest absolute Gasteiger partial charge is 0.507 e. The molecule has 0 radical (unpaired) electrons. The van der Waals surface area contributed by atoms with Crippen LogP contribution >= 0.6 is 0 Å². The van der Waals surface area contributed by atoms with E-state index in [2.05, 4.69) is 0 Å². The Morgan fingerprint density at radius 1 is 1.35 bits per heavy atom. The number of rotatable bonds is 1. The van der Waals surface area contributed by atoms with Gasteiger partial charge in [0.05, 0.1) is 11.5 Å². The molecular formula is C17H18O3. The summed E-state index contributed by atoms with van der Waals surface area (Å²) in [6.45, 7) is 3.26. The number of benzene rings is 2. The topological polar surface area (TPSA) is 57.5 Å². The number of aliphatic hydroxyl groups is 1. The van der Waals surface area contributed by atoms with Gasteiger partial charge in [-0.2, -0.15) is 0 Å².